The molecule has 5 rings (SSSR count). The molecule has 13 atom stereocenters. The number of imidazole rings is 1. The number of cyclic esters (lactones) is 1. The summed E-state index contributed by atoms with van der Waals surface area (Å²) in [5.41, 5.74) is -1.50. The number of unbranched alkanes of at least 4 members (excludes halogenated alkanes) is 1. The molecule has 1 unspecified atom stereocenters. The number of hydrogen-bond donors (Lipinski definition) is 1. The number of ketones is 2. The Morgan fingerprint density at radius 2 is 1.77 bits per heavy atom. The number of nitrogens with zero attached hydrogens (tertiary/aromatic N) is 5. The third kappa shape index (κ3) is 9.51. The fourth-order valence-corrected chi connectivity index (χ4v) is 9.67. The number of Topliss-reactive ketones (excluding diaryl/α,β-unsaturated/α-hetero) is 2. The Hall–Kier alpha value is -3.73. The van der Waals surface area contributed by atoms with Gasteiger partial charge in [-0.25, -0.2) is 14.8 Å². The van der Waals surface area contributed by atoms with Crippen LogP contribution in [0.4, 0.5) is 4.79 Å². The molecular weight excluding hydrogens is 794 g/mol. The highest BCUT2D eigenvalue weighted by Gasteiger charge is 2.61. The van der Waals surface area contributed by atoms with Crippen molar-refractivity contribution in [2.45, 2.75) is 141 Å². The van der Waals surface area contributed by atoms with Crippen LogP contribution in [-0.2, 0) is 44.6 Å². The van der Waals surface area contributed by atoms with E-state index in [0.717, 1.165) is 5.56 Å². The number of hydrogen-bond acceptors (Lipinski definition) is 13. The summed E-state index contributed by atoms with van der Waals surface area (Å²) in [6, 6.07) is 2.44. The molecule has 3 aliphatic heterocycles. The lowest BCUT2D eigenvalue weighted by Gasteiger charge is -2.47. The van der Waals surface area contributed by atoms with Gasteiger partial charge in [-0.2, -0.15) is 0 Å². The Bertz CT molecular complexity index is 1860. The average molecular weight is 858 g/mol. The van der Waals surface area contributed by atoms with Gasteiger partial charge in [0.2, 0.25) is 0 Å². The number of methoxy groups -OCH3 is 1. The number of pyridine rings is 1. The lowest BCUT2D eigenvalue weighted by atomic mass is 9.72. The Labute approximate surface area is 359 Å². The average Bonchev–Trinajstić information content (AvgIpc) is 3.81. The van der Waals surface area contributed by atoms with E-state index in [1.54, 1.807) is 58.1 Å². The normalized spacial score (nSPS) is 35.8. The zero-order valence-corrected chi connectivity index (χ0v) is 37.5. The van der Waals surface area contributed by atoms with Crippen LogP contribution in [0.5, 0.6) is 0 Å². The number of rotatable bonds is 12. The molecule has 3 saturated heterocycles. The molecule has 5 heterocycles. The second-order valence-corrected chi connectivity index (χ2v) is 17.7. The maximum atomic E-state index is 14.8. The molecule has 16 heteroatoms. The number of aryl methyl sites for hydroxylation is 1. The summed E-state index contributed by atoms with van der Waals surface area (Å²) in [4.78, 5) is 69.3. The van der Waals surface area contributed by atoms with Gasteiger partial charge in [0.1, 0.15) is 29.1 Å². The minimum atomic E-state index is -1.61. The highest BCUT2D eigenvalue weighted by Crippen LogP contribution is 2.44. The number of likely N-dealkylation sites (N-methyl/N-ethyl adjacent to an activating group) is 1. The fraction of sp³-hybridized carbons (Fsp3) is 0.682. The van der Waals surface area contributed by atoms with Gasteiger partial charge in [0.05, 0.1) is 35.9 Å². The van der Waals surface area contributed by atoms with Gasteiger partial charge >= 0.3 is 12.1 Å². The number of carbonyl (C=O) groups excluding carboxylic acids is 4. The van der Waals surface area contributed by atoms with Crippen LogP contribution in [0, 0.1) is 23.7 Å². The van der Waals surface area contributed by atoms with Crippen molar-refractivity contribution in [1.29, 1.82) is 0 Å². The van der Waals surface area contributed by atoms with Crippen LogP contribution in [0.15, 0.2) is 43.5 Å². The Morgan fingerprint density at radius 1 is 1.07 bits per heavy atom. The molecule has 2 aromatic heterocycles. The number of fused-ring (bicyclic) bond motifs is 1. The zero-order valence-electron chi connectivity index (χ0n) is 36.7. The molecule has 60 heavy (non-hydrogen) atoms. The van der Waals surface area contributed by atoms with Crippen molar-refractivity contribution in [2.75, 3.05) is 27.7 Å². The predicted molar refractivity (Wildman–Crippen MR) is 224 cm³/mol. The third-order valence-corrected chi connectivity index (χ3v) is 13.2. The van der Waals surface area contributed by atoms with Gasteiger partial charge in [0.25, 0.3) is 0 Å². The van der Waals surface area contributed by atoms with E-state index in [4.69, 9.17) is 35.3 Å². The number of aromatic nitrogens is 3. The topological polar surface area (TPSA) is 172 Å². The van der Waals surface area contributed by atoms with Crippen molar-refractivity contribution in [1.82, 2.24) is 24.3 Å². The van der Waals surface area contributed by atoms with Crippen molar-refractivity contribution < 1.29 is 48.0 Å². The highest BCUT2D eigenvalue weighted by molar-refractivity contribution is 6.32. The fourth-order valence-electron chi connectivity index (χ4n) is 9.46. The molecule has 0 radical (unpaired) electrons. The van der Waals surface area contributed by atoms with Gasteiger partial charge in [-0.15, -0.1) is 0 Å². The lowest BCUT2D eigenvalue weighted by Crippen LogP contribution is -2.60. The molecule has 1 N–H and O–H groups in total. The Morgan fingerprint density at radius 3 is 2.40 bits per heavy atom. The van der Waals surface area contributed by atoms with Crippen molar-refractivity contribution in [3.63, 3.8) is 0 Å². The first kappa shape index (κ1) is 47.3. The maximum absolute atomic E-state index is 14.8. The van der Waals surface area contributed by atoms with Crippen LogP contribution in [0.3, 0.4) is 0 Å². The van der Waals surface area contributed by atoms with Crippen molar-refractivity contribution in [2.24, 2.45) is 23.7 Å². The van der Waals surface area contributed by atoms with E-state index in [0.29, 0.717) is 36.7 Å². The van der Waals surface area contributed by atoms with Crippen molar-refractivity contribution in [3.05, 3.63) is 48.7 Å². The number of aliphatic hydroxyl groups excluding tert-OH is 1. The monoisotopic (exact) mass is 857 g/mol. The summed E-state index contributed by atoms with van der Waals surface area (Å²) >= 11 is 6.29. The molecule has 332 valence electrons. The first-order valence-electron chi connectivity index (χ1n) is 21.1. The highest BCUT2D eigenvalue weighted by atomic mass is 35.5. The SMILES string of the molecule is C=C[C@]12OC(=O)N(CCCCn3cnc(-c4cccnc4Cl)c3)[C@@H]1[C@@H](C)C(=O)[C@H](C)C[C@](C)(OC)[C@H](OC1O[C@H](C)C[C@H](N(C)C)[C@H]1O)[C@@H](C)C(=O)[C@@H](C)C(=O)O[C@@H]2CC. The molecule has 0 bridgehead atoms. The van der Waals surface area contributed by atoms with Crippen LogP contribution >= 0.6 is 11.6 Å². The quantitative estimate of drug-likeness (QED) is 0.0901. The molecule has 0 aromatic carbocycles. The first-order chi connectivity index (χ1) is 28.3. The maximum Gasteiger partial charge on any atom is 0.411 e. The second-order valence-electron chi connectivity index (χ2n) is 17.3. The molecule has 15 nitrogen and oxygen atoms in total. The van der Waals surface area contributed by atoms with Crippen LogP contribution in [-0.4, -0.2) is 135 Å². The van der Waals surface area contributed by atoms with E-state index >= 15 is 0 Å². The number of amides is 1. The van der Waals surface area contributed by atoms with E-state index in [2.05, 4.69) is 16.5 Å². The first-order valence-corrected chi connectivity index (χ1v) is 21.5. The second kappa shape index (κ2) is 19.5. The zero-order chi connectivity index (χ0) is 44.3. The number of carbonyl (C=O) groups is 4. The molecule has 3 fully saturated rings. The summed E-state index contributed by atoms with van der Waals surface area (Å²) in [6.07, 6.45) is 3.45. The van der Waals surface area contributed by atoms with Crippen LogP contribution in [0.2, 0.25) is 5.15 Å². The van der Waals surface area contributed by atoms with E-state index in [1.807, 2.05) is 42.7 Å². The third-order valence-electron chi connectivity index (χ3n) is 12.9. The summed E-state index contributed by atoms with van der Waals surface area (Å²) in [7, 11) is 5.21. The van der Waals surface area contributed by atoms with E-state index < -0.39 is 83.4 Å². The molecule has 2 aromatic rings. The molecule has 0 spiro atoms. The Balaban J connectivity index is 1.46. The lowest BCUT2D eigenvalue weighted by molar-refractivity contribution is -0.295. The predicted octanol–water partition coefficient (Wildman–Crippen LogP) is 5.75. The van der Waals surface area contributed by atoms with Gasteiger partial charge < -0.3 is 38.3 Å². The van der Waals surface area contributed by atoms with Gasteiger partial charge in [0, 0.05) is 62.0 Å². The van der Waals surface area contributed by atoms with Gasteiger partial charge in [-0.3, -0.25) is 19.3 Å². The number of esters is 1. The smallest absolute Gasteiger partial charge is 0.411 e. The number of halogens is 1. The molecule has 3 aliphatic rings. The Kier molecular flexibility index (Phi) is 15.4. The van der Waals surface area contributed by atoms with Gasteiger partial charge in [-0.1, -0.05) is 45.9 Å². The molecule has 0 aliphatic carbocycles. The minimum Gasteiger partial charge on any atom is -0.457 e. The summed E-state index contributed by atoms with van der Waals surface area (Å²) in [5, 5.41) is 11.8. The minimum absolute atomic E-state index is 0.0975. The van der Waals surface area contributed by atoms with Gasteiger partial charge in [-0.05, 0) is 85.2 Å². The number of aliphatic hydroxyl groups is 1. The molecular formula is C44H64ClN5O10. The molecule has 0 saturated carbocycles. The van der Waals surface area contributed by atoms with E-state index in [9.17, 15) is 24.3 Å². The number of ether oxygens (including phenoxy) is 5. The van der Waals surface area contributed by atoms with Gasteiger partial charge in [0.15, 0.2) is 17.7 Å². The summed E-state index contributed by atoms with van der Waals surface area (Å²) < 4.78 is 33.2. The summed E-state index contributed by atoms with van der Waals surface area (Å²) in [5.74, 6) is -5.27. The van der Waals surface area contributed by atoms with Crippen LogP contribution in [0.1, 0.15) is 80.6 Å². The standard InChI is InChI=1S/C44H64ClN5O10/c1-12-33-44(13-2)37(50(42(55)60-44)20-15-14-19-49-23-31(47-24-49)30-17-16-18-46-39(30)45)27(5)34(51)25(3)22-43(8,56-11)38(28(6)35(52)29(7)40(54)58-33)59-41-36(53)32(48(9)10)21-26(4)57-41/h13,16-18,23-29,32-33,36-38,41,53H,2,12,14-15,19-22H2,1,3-11H3/t25-,26-,27+,28+,29-,32+,33-,36-,37-,38-,41?,43+,44-/m1/s1. The van der Waals surface area contributed by atoms with Crippen molar-refractivity contribution >= 4 is 35.2 Å². The van der Waals surface area contributed by atoms with Crippen LogP contribution < -0.4 is 0 Å². The van der Waals surface area contributed by atoms with Crippen molar-refractivity contribution in [3.8, 4) is 11.3 Å². The largest absolute Gasteiger partial charge is 0.457 e. The van der Waals surface area contributed by atoms with E-state index in [-0.39, 0.29) is 37.3 Å². The van der Waals surface area contributed by atoms with E-state index in [1.165, 1.54) is 20.1 Å². The molecule has 1 amide bonds. The summed E-state index contributed by atoms with van der Waals surface area (Å²) in [6.45, 7) is 17.0. The van der Waals surface area contributed by atoms with Crippen LogP contribution in [0.25, 0.3) is 11.3 Å².